The van der Waals surface area contributed by atoms with Gasteiger partial charge in [0.25, 0.3) is 0 Å². The molecule has 4 aromatic rings. The highest BCUT2D eigenvalue weighted by Crippen LogP contribution is 2.32. The average molecular weight is 515 g/mol. The molecule has 2 aromatic carbocycles. The van der Waals surface area contributed by atoms with E-state index < -0.39 is 0 Å². The lowest BCUT2D eigenvalue weighted by Gasteiger charge is -2.32. The Labute approximate surface area is 224 Å². The lowest BCUT2D eigenvalue weighted by molar-refractivity contribution is 0.0285. The minimum atomic E-state index is -0.0521. The zero-order valence-corrected chi connectivity index (χ0v) is 22.8. The molecular weight excluding hydrogens is 476 g/mol. The van der Waals surface area contributed by atoms with Crippen LogP contribution in [0.3, 0.4) is 0 Å². The monoisotopic (exact) mass is 514 g/mol. The van der Waals surface area contributed by atoms with Crippen molar-refractivity contribution in [3.05, 3.63) is 60.2 Å². The summed E-state index contributed by atoms with van der Waals surface area (Å²) in [4.78, 5) is 12.6. The van der Waals surface area contributed by atoms with Gasteiger partial charge in [-0.25, -0.2) is 4.98 Å². The van der Waals surface area contributed by atoms with Crippen LogP contribution in [-0.2, 0) is 11.3 Å². The molecule has 0 amide bonds. The zero-order chi connectivity index (χ0) is 26.1. The number of aryl methyl sites for hydroxylation is 1. The van der Waals surface area contributed by atoms with Crippen molar-refractivity contribution in [1.82, 2.24) is 29.2 Å². The molecule has 38 heavy (non-hydrogen) atoms. The van der Waals surface area contributed by atoms with Crippen LogP contribution in [0.5, 0.6) is 0 Å². The second kappa shape index (κ2) is 10.7. The summed E-state index contributed by atoms with van der Waals surface area (Å²) in [7, 11) is 0. The SMILES string of the molecule is CCOC(C)n1c(N2CCCN(CCCN3Cc4nnc(C)n4-c4ccccc43)CC2)nc2ccccc21. The van der Waals surface area contributed by atoms with Crippen LogP contribution < -0.4 is 9.80 Å². The van der Waals surface area contributed by atoms with Gasteiger partial charge in [-0.3, -0.25) is 9.13 Å². The number of imidazole rings is 1. The minimum absolute atomic E-state index is 0.0521. The molecule has 200 valence electrons. The van der Waals surface area contributed by atoms with Crippen LogP contribution in [0, 0.1) is 6.92 Å². The summed E-state index contributed by atoms with van der Waals surface area (Å²) in [5.74, 6) is 3.00. The molecule has 6 rings (SSSR count). The van der Waals surface area contributed by atoms with Gasteiger partial charge in [0, 0.05) is 32.8 Å². The van der Waals surface area contributed by atoms with Gasteiger partial charge in [0.15, 0.2) is 5.82 Å². The quantitative estimate of drug-likeness (QED) is 0.345. The highest BCUT2D eigenvalue weighted by atomic mass is 16.5. The molecule has 1 unspecified atom stereocenters. The maximum absolute atomic E-state index is 6.01. The molecule has 0 saturated carbocycles. The van der Waals surface area contributed by atoms with Crippen molar-refractivity contribution >= 4 is 22.7 Å². The molecule has 2 aliphatic rings. The van der Waals surface area contributed by atoms with E-state index in [2.05, 4.69) is 89.5 Å². The van der Waals surface area contributed by atoms with Crippen LogP contribution in [-0.4, -0.2) is 75.1 Å². The minimum Gasteiger partial charge on any atom is -0.362 e. The summed E-state index contributed by atoms with van der Waals surface area (Å²) in [5.41, 5.74) is 4.62. The molecule has 0 spiro atoms. The van der Waals surface area contributed by atoms with Crippen LogP contribution in [0.15, 0.2) is 48.5 Å². The Hall–Kier alpha value is -3.43. The largest absolute Gasteiger partial charge is 0.362 e. The summed E-state index contributed by atoms with van der Waals surface area (Å²) >= 11 is 0. The zero-order valence-electron chi connectivity index (χ0n) is 22.8. The van der Waals surface area contributed by atoms with Crippen molar-refractivity contribution in [2.75, 3.05) is 55.7 Å². The number of aromatic nitrogens is 5. The number of hydrogen-bond donors (Lipinski definition) is 0. The fourth-order valence-electron chi connectivity index (χ4n) is 6.01. The van der Waals surface area contributed by atoms with Gasteiger partial charge in [-0.15, -0.1) is 10.2 Å². The van der Waals surface area contributed by atoms with E-state index in [0.717, 1.165) is 87.3 Å². The number of rotatable bonds is 8. The molecule has 1 atom stereocenters. The third kappa shape index (κ3) is 4.65. The van der Waals surface area contributed by atoms with Gasteiger partial charge >= 0.3 is 0 Å². The molecule has 1 saturated heterocycles. The second-order valence-corrected chi connectivity index (χ2v) is 10.3. The van der Waals surface area contributed by atoms with E-state index in [-0.39, 0.29) is 6.23 Å². The summed E-state index contributed by atoms with van der Waals surface area (Å²) in [6.45, 7) is 13.9. The number of anilines is 2. The van der Waals surface area contributed by atoms with E-state index in [1.165, 1.54) is 11.4 Å². The molecule has 2 aliphatic heterocycles. The Morgan fingerprint density at radius 1 is 0.921 bits per heavy atom. The molecule has 0 radical (unpaired) electrons. The van der Waals surface area contributed by atoms with Crippen molar-refractivity contribution < 1.29 is 4.74 Å². The van der Waals surface area contributed by atoms with Crippen LogP contribution in [0.2, 0.25) is 0 Å². The molecular formula is C29H38N8O. The van der Waals surface area contributed by atoms with E-state index in [9.17, 15) is 0 Å². The third-order valence-electron chi connectivity index (χ3n) is 7.81. The van der Waals surface area contributed by atoms with E-state index in [1.807, 2.05) is 13.8 Å². The maximum Gasteiger partial charge on any atom is 0.208 e. The second-order valence-electron chi connectivity index (χ2n) is 10.3. The van der Waals surface area contributed by atoms with Gasteiger partial charge < -0.3 is 19.4 Å². The van der Waals surface area contributed by atoms with Crippen molar-refractivity contribution in [2.24, 2.45) is 0 Å². The molecule has 0 aliphatic carbocycles. The first kappa shape index (κ1) is 24.9. The molecule has 0 bridgehead atoms. The number of ether oxygens (including phenoxy) is 1. The molecule has 1 fully saturated rings. The van der Waals surface area contributed by atoms with Crippen molar-refractivity contribution in [3.63, 3.8) is 0 Å². The summed E-state index contributed by atoms with van der Waals surface area (Å²) < 4.78 is 10.5. The van der Waals surface area contributed by atoms with Gasteiger partial charge in [-0.1, -0.05) is 24.3 Å². The highest BCUT2D eigenvalue weighted by molar-refractivity contribution is 5.79. The standard InChI is InChI=1S/C29H38N8O/c1-4-38-23(3)37-25-12-6-5-11-24(25)30-29(37)34-17-9-15-33(19-20-34)16-10-18-35-21-28-32-31-22(2)36(28)27-14-8-7-13-26(27)35/h5-8,11-14,23H,4,9-10,15-21H2,1-3H3. The average Bonchev–Trinajstić information content (AvgIpc) is 3.41. The van der Waals surface area contributed by atoms with Crippen LogP contribution in [0.25, 0.3) is 16.7 Å². The summed E-state index contributed by atoms with van der Waals surface area (Å²) in [6.07, 6.45) is 2.19. The first-order valence-corrected chi connectivity index (χ1v) is 13.9. The predicted octanol–water partition coefficient (Wildman–Crippen LogP) is 4.40. The number of benzene rings is 2. The van der Waals surface area contributed by atoms with Crippen LogP contribution in [0.4, 0.5) is 11.6 Å². The van der Waals surface area contributed by atoms with Crippen LogP contribution >= 0.6 is 0 Å². The predicted molar refractivity (Wildman–Crippen MR) is 151 cm³/mol. The van der Waals surface area contributed by atoms with Gasteiger partial charge in [0.05, 0.1) is 29.0 Å². The number of fused-ring (bicyclic) bond motifs is 4. The smallest absolute Gasteiger partial charge is 0.208 e. The van der Waals surface area contributed by atoms with Gasteiger partial charge in [-0.05, 0) is 71.0 Å². The van der Waals surface area contributed by atoms with E-state index in [1.54, 1.807) is 0 Å². The summed E-state index contributed by atoms with van der Waals surface area (Å²) in [5, 5.41) is 8.77. The fourth-order valence-corrected chi connectivity index (χ4v) is 6.01. The fraction of sp³-hybridized carbons (Fsp3) is 0.483. The maximum atomic E-state index is 6.01. The Morgan fingerprint density at radius 2 is 1.74 bits per heavy atom. The lowest BCUT2D eigenvalue weighted by Crippen LogP contribution is -2.35. The third-order valence-corrected chi connectivity index (χ3v) is 7.81. The molecule has 9 heteroatoms. The number of para-hydroxylation sites is 4. The van der Waals surface area contributed by atoms with Gasteiger partial charge in [0.2, 0.25) is 5.95 Å². The van der Waals surface area contributed by atoms with E-state index in [4.69, 9.17) is 9.72 Å². The Balaban J connectivity index is 1.10. The Kier molecular flexibility index (Phi) is 7.04. The van der Waals surface area contributed by atoms with E-state index in [0.29, 0.717) is 6.61 Å². The summed E-state index contributed by atoms with van der Waals surface area (Å²) in [6, 6.07) is 17.0. The number of nitrogens with zero attached hydrogens (tertiary/aromatic N) is 8. The van der Waals surface area contributed by atoms with Crippen molar-refractivity contribution in [3.8, 4) is 5.69 Å². The van der Waals surface area contributed by atoms with Gasteiger partial charge in [-0.2, -0.15) is 0 Å². The normalized spacial score (nSPS) is 16.9. The molecule has 9 nitrogen and oxygen atoms in total. The van der Waals surface area contributed by atoms with Crippen molar-refractivity contribution in [1.29, 1.82) is 0 Å². The first-order chi connectivity index (χ1) is 18.6. The number of hydrogen-bond acceptors (Lipinski definition) is 7. The van der Waals surface area contributed by atoms with E-state index >= 15 is 0 Å². The van der Waals surface area contributed by atoms with Gasteiger partial charge in [0.1, 0.15) is 12.1 Å². The van der Waals surface area contributed by atoms with Crippen molar-refractivity contribution in [2.45, 2.75) is 46.4 Å². The topological polar surface area (TPSA) is 67.5 Å². The molecule has 4 heterocycles. The molecule has 0 N–H and O–H groups in total. The first-order valence-electron chi connectivity index (χ1n) is 13.9. The Morgan fingerprint density at radius 3 is 2.61 bits per heavy atom. The molecule has 2 aromatic heterocycles. The highest BCUT2D eigenvalue weighted by Gasteiger charge is 2.26. The Bertz CT molecular complexity index is 1390. The van der Waals surface area contributed by atoms with Crippen LogP contribution in [0.1, 0.15) is 44.6 Å². The lowest BCUT2D eigenvalue weighted by atomic mass is 10.1.